The maximum absolute atomic E-state index is 12.4. The SMILES string of the molecule is COC(=O)C(C(=O)OC)C(Sc1ccccc1N)c1ccc2c(c1)OCO2. The number of fused-ring (bicyclic) bond motifs is 1. The van der Waals surface area contributed by atoms with Crippen molar-refractivity contribution in [3.8, 4) is 11.5 Å². The molecule has 7 nitrogen and oxygen atoms in total. The number of methoxy groups -OCH3 is 2. The van der Waals surface area contributed by atoms with E-state index in [0.29, 0.717) is 22.7 Å². The van der Waals surface area contributed by atoms with E-state index in [0.717, 1.165) is 4.90 Å². The van der Waals surface area contributed by atoms with Gasteiger partial charge in [-0.3, -0.25) is 9.59 Å². The van der Waals surface area contributed by atoms with Crippen LogP contribution in [-0.4, -0.2) is 33.0 Å². The first-order chi connectivity index (χ1) is 13.0. The minimum absolute atomic E-state index is 0.125. The number of benzene rings is 2. The first-order valence-electron chi connectivity index (χ1n) is 8.11. The van der Waals surface area contributed by atoms with Crippen molar-refractivity contribution in [2.45, 2.75) is 10.1 Å². The zero-order chi connectivity index (χ0) is 19.4. The molecule has 0 saturated heterocycles. The van der Waals surface area contributed by atoms with E-state index in [1.54, 1.807) is 24.3 Å². The van der Waals surface area contributed by atoms with E-state index >= 15 is 0 Å². The van der Waals surface area contributed by atoms with Crippen LogP contribution in [0.1, 0.15) is 10.8 Å². The molecule has 27 heavy (non-hydrogen) atoms. The second kappa shape index (κ2) is 8.22. The lowest BCUT2D eigenvalue weighted by atomic mass is 9.98. The number of anilines is 1. The zero-order valence-corrected chi connectivity index (χ0v) is 15.7. The van der Waals surface area contributed by atoms with Crippen molar-refractivity contribution in [3.05, 3.63) is 48.0 Å². The van der Waals surface area contributed by atoms with Crippen LogP contribution < -0.4 is 15.2 Å². The summed E-state index contributed by atoms with van der Waals surface area (Å²) < 4.78 is 20.5. The van der Waals surface area contributed by atoms with Crippen molar-refractivity contribution < 1.29 is 28.5 Å². The second-order valence-corrected chi connectivity index (χ2v) is 6.90. The minimum atomic E-state index is -1.18. The Morgan fingerprint density at radius 3 is 2.37 bits per heavy atom. The van der Waals surface area contributed by atoms with Gasteiger partial charge in [0.2, 0.25) is 6.79 Å². The fourth-order valence-electron chi connectivity index (χ4n) is 2.74. The summed E-state index contributed by atoms with van der Waals surface area (Å²) in [5.74, 6) is -1.40. The lowest BCUT2D eigenvalue weighted by molar-refractivity contribution is -0.158. The highest BCUT2D eigenvalue weighted by Crippen LogP contribution is 2.46. The molecule has 8 heteroatoms. The van der Waals surface area contributed by atoms with Crippen LogP contribution in [0.2, 0.25) is 0 Å². The highest BCUT2D eigenvalue weighted by atomic mass is 32.2. The Hall–Kier alpha value is -2.87. The first kappa shape index (κ1) is 18.9. The van der Waals surface area contributed by atoms with Crippen molar-refractivity contribution in [1.29, 1.82) is 0 Å². The molecule has 1 aliphatic rings. The predicted molar refractivity (Wildman–Crippen MR) is 99.5 cm³/mol. The smallest absolute Gasteiger partial charge is 0.321 e. The Kier molecular flexibility index (Phi) is 5.75. The number of esters is 2. The Morgan fingerprint density at radius 1 is 1.04 bits per heavy atom. The quantitative estimate of drug-likeness (QED) is 0.349. The molecule has 0 fully saturated rings. The number of hydrogen-bond acceptors (Lipinski definition) is 8. The van der Waals surface area contributed by atoms with Crippen molar-refractivity contribution in [2.75, 3.05) is 26.7 Å². The molecule has 1 aliphatic heterocycles. The number of carbonyl (C=O) groups is 2. The van der Waals surface area contributed by atoms with Gasteiger partial charge < -0.3 is 24.7 Å². The van der Waals surface area contributed by atoms with Gasteiger partial charge in [0.05, 0.1) is 19.5 Å². The largest absolute Gasteiger partial charge is 0.468 e. The molecule has 1 heterocycles. The zero-order valence-electron chi connectivity index (χ0n) is 14.8. The van der Waals surface area contributed by atoms with Gasteiger partial charge in [0, 0.05) is 10.6 Å². The van der Waals surface area contributed by atoms with Crippen LogP contribution in [0, 0.1) is 5.92 Å². The summed E-state index contributed by atoms with van der Waals surface area (Å²) in [6, 6.07) is 12.5. The number of rotatable bonds is 6. The molecule has 1 unspecified atom stereocenters. The molecule has 1 atom stereocenters. The highest BCUT2D eigenvalue weighted by molar-refractivity contribution is 7.99. The molecular formula is C19H19NO6S. The highest BCUT2D eigenvalue weighted by Gasteiger charge is 2.39. The molecule has 0 amide bonds. The van der Waals surface area contributed by atoms with E-state index < -0.39 is 23.1 Å². The number of ether oxygens (including phenoxy) is 4. The Balaban J connectivity index is 2.06. The summed E-state index contributed by atoms with van der Waals surface area (Å²) in [5, 5.41) is -0.635. The molecule has 2 aromatic rings. The van der Waals surface area contributed by atoms with E-state index in [1.165, 1.54) is 26.0 Å². The summed E-state index contributed by atoms with van der Waals surface area (Å²) in [6.07, 6.45) is 0. The summed E-state index contributed by atoms with van der Waals surface area (Å²) in [5.41, 5.74) is 7.29. The molecule has 3 rings (SSSR count). The van der Waals surface area contributed by atoms with E-state index in [2.05, 4.69) is 0 Å². The summed E-state index contributed by atoms with van der Waals surface area (Å²) in [7, 11) is 2.47. The van der Waals surface area contributed by atoms with E-state index in [-0.39, 0.29) is 6.79 Å². The van der Waals surface area contributed by atoms with Crippen molar-refractivity contribution in [3.63, 3.8) is 0 Å². The Bertz CT molecular complexity index is 840. The van der Waals surface area contributed by atoms with E-state index in [9.17, 15) is 9.59 Å². The number of nitrogen functional groups attached to an aromatic ring is 1. The average molecular weight is 389 g/mol. The third-order valence-corrected chi connectivity index (χ3v) is 5.54. The predicted octanol–water partition coefficient (Wildman–Crippen LogP) is 2.79. The van der Waals surface area contributed by atoms with Crippen LogP contribution in [0.15, 0.2) is 47.4 Å². The Morgan fingerprint density at radius 2 is 1.70 bits per heavy atom. The summed E-state index contributed by atoms with van der Waals surface area (Å²) >= 11 is 1.29. The van der Waals surface area contributed by atoms with Crippen molar-refractivity contribution in [2.24, 2.45) is 5.92 Å². The molecule has 0 bridgehead atoms. The van der Waals surface area contributed by atoms with Gasteiger partial charge in [-0.05, 0) is 29.8 Å². The third-order valence-electron chi connectivity index (χ3n) is 4.11. The second-order valence-electron chi connectivity index (χ2n) is 5.71. The molecule has 2 N–H and O–H groups in total. The molecule has 0 saturated carbocycles. The maximum Gasteiger partial charge on any atom is 0.321 e. The topological polar surface area (TPSA) is 97.1 Å². The fourth-order valence-corrected chi connectivity index (χ4v) is 4.02. The van der Waals surface area contributed by atoms with Crippen LogP contribution in [0.25, 0.3) is 0 Å². The van der Waals surface area contributed by atoms with Crippen molar-refractivity contribution in [1.82, 2.24) is 0 Å². The van der Waals surface area contributed by atoms with Gasteiger partial charge >= 0.3 is 11.9 Å². The van der Waals surface area contributed by atoms with E-state index in [4.69, 9.17) is 24.7 Å². The third kappa shape index (κ3) is 3.95. The monoisotopic (exact) mass is 389 g/mol. The number of nitrogens with two attached hydrogens (primary N) is 1. The van der Waals surface area contributed by atoms with Gasteiger partial charge in [0.15, 0.2) is 17.4 Å². The van der Waals surface area contributed by atoms with Gasteiger partial charge in [0.25, 0.3) is 0 Å². The van der Waals surface area contributed by atoms with Crippen LogP contribution in [0.5, 0.6) is 11.5 Å². The molecular weight excluding hydrogens is 370 g/mol. The summed E-state index contributed by atoms with van der Waals surface area (Å²) in [4.78, 5) is 25.6. The molecule has 0 radical (unpaired) electrons. The van der Waals surface area contributed by atoms with Gasteiger partial charge in [-0.2, -0.15) is 0 Å². The van der Waals surface area contributed by atoms with Gasteiger partial charge in [0.1, 0.15) is 0 Å². The Labute approximate surface area is 160 Å². The molecule has 142 valence electrons. The van der Waals surface area contributed by atoms with Crippen LogP contribution in [0.3, 0.4) is 0 Å². The average Bonchev–Trinajstić information content (AvgIpc) is 3.16. The summed E-state index contributed by atoms with van der Waals surface area (Å²) in [6.45, 7) is 0.125. The van der Waals surface area contributed by atoms with E-state index in [1.807, 2.05) is 18.2 Å². The molecule has 2 aromatic carbocycles. The van der Waals surface area contributed by atoms with Gasteiger partial charge in [-0.1, -0.05) is 18.2 Å². The first-order valence-corrected chi connectivity index (χ1v) is 8.99. The van der Waals surface area contributed by atoms with Crippen LogP contribution in [0.4, 0.5) is 5.69 Å². The minimum Gasteiger partial charge on any atom is -0.468 e. The molecule has 0 aliphatic carbocycles. The lowest BCUT2D eigenvalue weighted by Gasteiger charge is -2.24. The standard InChI is InChI=1S/C19H19NO6S/c1-23-18(21)16(19(22)24-2)17(27-15-6-4-3-5-12(15)20)11-7-8-13-14(9-11)26-10-25-13/h3-9,16-17H,10,20H2,1-2H3. The van der Waals surface area contributed by atoms with Crippen LogP contribution >= 0.6 is 11.8 Å². The van der Waals surface area contributed by atoms with Crippen LogP contribution in [-0.2, 0) is 19.1 Å². The lowest BCUT2D eigenvalue weighted by Crippen LogP contribution is -2.31. The van der Waals surface area contributed by atoms with Gasteiger partial charge in [-0.15, -0.1) is 11.8 Å². The molecule has 0 aromatic heterocycles. The van der Waals surface area contributed by atoms with Gasteiger partial charge in [-0.25, -0.2) is 0 Å². The molecule has 0 spiro atoms. The normalized spacial score (nSPS) is 13.3. The van der Waals surface area contributed by atoms with Crippen molar-refractivity contribution >= 4 is 29.4 Å². The number of hydrogen-bond donors (Lipinski definition) is 1. The fraction of sp³-hybridized carbons (Fsp3) is 0.263. The number of thioether (sulfide) groups is 1. The maximum atomic E-state index is 12.4. The number of carbonyl (C=O) groups excluding carboxylic acids is 2. The number of para-hydroxylation sites is 1.